The number of halogens is 1. The van der Waals surface area contributed by atoms with E-state index in [4.69, 9.17) is 9.47 Å². The lowest BCUT2D eigenvalue weighted by atomic mass is 9.73. The normalized spacial score (nSPS) is 26.9. The minimum Gasteiger partial charge on any atom is -0.381 e. The van der Waals surface area contributed by atoms with Crippen molar-refractivity contribution in [2.24, 2.45) is 5.41 Å². The molecule has 0 spiro atoms. The van der Waals surface area contributed by atoms with Crippen LogP contribution in [0.2, 0.25) is 0 Å². The van der Waals surface area contributed by atoms with E-state index in [9.17, 15) is 9.18 Å². The number of rotatable bonds is 5. The summed E-state index contributed by atoms with van der Waals surface area (Å²) in [6.45, 7) is 5.38. The Bertz CT molecular complexity index is 579. The Morgan fingerprint density at radius 3 is 3.08 bits per heavy atom. The van der Waals surface area contributed by atoms with Gasteiger partial charge in [0.2, 0.25) is 5.91 Å². The van der Waals surface area contributed by atoms with E-state index in [0.717, 1.165) is 25.9 Å². The van der Waals surface area contributed by atoms with Crippen LogP contribution in [-0.4, -0.2) is 49.8 Å². The van der Waals surface area contributed by atoms with E-state index in [1.54, 1.807) is 18.2 Å². The zero-order valence-corrected chi connectivity index (χ0v) is 14.3. The van der Waals surface area contributed by atoms with Gasteiger partial charge in [0.1, 0.15) is 5.82 Å². The maximum Gasteiger partial charge on any atom is 0.227 e. The van der Waals surface area contributed by atoms with Crippen LogP contribution < -0.4 is 0 Å². The van der Waals surface area contributed by atoms with Crippen molar-refractivity contribution < 1.29 is 18.7 Å². The third kappa shape index (κ3) is 3.62. The molecular weight excluding hydrogens is 309 g/mol. The highest BCUT2D eigenvalue weighted by Crippen LogP contribution is 2.40. The fourth-order valence-electron chi connectivity index (χ4n) is 3.94. The highest BCUT2D eigenvalue weighted by atomic mass is 19.1. The first-order valence-corrected chi connectivity index (χ1v) is 8.85. The van der Waals surface area contributed by atoms with Crippen LogP contribution in [0.5, 0.6) is 0 Å². The van der Waals surface area contributed by atoms with Crippen molar-refractivity contribution >= 4 is 5.91 Å². The van der Waals surface area contributed by atoms with Gasteiger partial charge in [-0.05, 0) is 37.8 Å². The summed E-state index contributed by atoms with van der Waals surface area (Å²) in [6, 6.07) is 6.49. The molecule has 0 radical (unpaired) electrons. The van der Waals surface area contributed by atoms with Gasteiger partial charge < -0.3 is 14.4 Å². The molecule has 0 saturated carbocycles. The maximum atomic E-state index is 13.8. The molecule has 2 heterocycles. The van der Waals surface area contributed by atoms with Gasteiger partial charge in [-0.1, -0.05) is 18.2 Å². The number of nitrogens with zero attached hydrogens (tertiary/aromatic N) is 1. The van der Waals surface area contributed by atoms with Crippen molar-refractivity contribution in [1.29, 1.82) is 0 Å². The Labute approximate surface area is 142 Å². The van der Waals surface area contributed by atoms with E-state index in [2.05, 4.69) is 0 Å². The van der Waals surface area contributed by atoms with Crippen LogP contribution in [0.25, 0.3) is 0 Å². The highest BCUT2D eigenvalue weighted by molar-refractivity contribution is 5.79. The Kier molecular flexibility index (Phi) is 5.51. The molecule has 3 rings (SSSR count). The number of carbonyl (C=O) groups is 1. The summed E-state index contributed by atoms with van der Waals surface area (Å²) in [5.74, 6) is -0.328. The SMILES string of the molecule is CCOCC12CCCOC1CCN(C(=O)Cc1ccccc1F)C2. The third-order valence-corrected chi connectivity index (χ3v) is 5.23. The molecule has 1 amide bonds. The zero-order chi connectivity index (χ0) is 17.0. The predicted octanol–water partition coefficient (Wildman–Crippen LogP) is 2.80. The number of hydrogen-bond donors (Lipinski definition) is 0. The fraction of sp³-hybridized carbons (Fsp3) is 0.632. The standard InChI is InChI=1S/C19H26FNO3/c1-2-23-14-19-9-5-11-24-17(19)8-10-21(13-19)18(22)12-15-6-3-4-7-16(15)20/h3-4,6-7,17H,2,5,8-14H2,1H3. The monoisotopic (exact) mass is 335 g/mol. The molecule has 5 heteroatoms. The number of piperidine rings is 1. The molecule has 1 aromatic rings. The molecule has 2 aliphatic heterocycles. The van der Waals surface area contributed by atoms with E-state index in [1.165, 1.54) is 6.07 Å². The molecule has 2 saturated heterocycles. The molecule has 0 aliphatic carbocycles. The lowest BCUT2D eigenvalue weighted by Gasteiger charge is -2.50. The number of benzene rings is 1. The summed E-state index contributed by atoms with van der Waals surface area (Å²) in [4.78, 5) is 14.6. The second kappa shape index (κ2) is 7.62. The van der Waals surface area contributed by atoms with Crippen LogP contribution in [0.15, 0.2) is 24.3 Å². The molecule has 2 fully saturated rings. The smallest absolute Gasteiger partial charge is 0.227 e. The molecule has 2 atom stereocenters. The number of carbonyl (C=O) groups excluding carboxylic acids is 1. The van der Waals surface area contributed by atoms with Gasteiger partial charge >= 0.3 is 0 Å². The van der Waals surface area contributed by atoms with E-state index in [1.807, 2.05) is 11.8 Å². The van der Waals surface area contributed by atoms with E-state index in [0.29, 0.717) is 31.9 Å². The fourth-order valence-corrected chi connectivity index (χ4v) is 3.94. The van der Waals surface area contributed by atoms with E-state index in [-0.39, 0.29) is 29.7 Å². The molecule has 1 aromatic carbocycles. The molecule has 4 nitrogen and oxygen atoms in total. The summed E-state index contributed by atoms with van der Waals surface area (Å²) < 4.78 is 25.5. The van der Waals surface area contributed by atoms with Gasteiger partial charge in [-0.25, -0.2) is 4.39 Å². The summed E-state index contributed by atoms with van der Waals surface area (Å²) in [7, 11) is 0. The lowest BCUT2D eigenvalue weighted by molar-refractivity contribution is -0.163. The van der Waals surface area contributed by atoms with Gasteiger partial charge in [0.25, 0.3) is 0 Å². The van der Waals surface area contributed by atoms with Crippen LogP contribution in [0.3, 0.4) is 0 Å². The molecule has 24 heavy (non-hydrogen) atoms. The molecular formula is C19H26FNO3. The average molecular weight is 335 g/mol. The number of fused-ring (bicyclic) bond motifs is 1. The average Bonchev–Trinajstić information content (AvgIpc) is 2.61. The summed E-state index contributed by atoms with van der Waals surface area (Å²) in [6.07, 6.45) is 3.12. The number of likely N-dealkylation sites (tertiary alicyclic amines) is 1. The predicted molar refractivity (Wildman–Crippen MR) is 89.2 cm³/mol. The van der Waals surface area contributed by atoms with Crippen molar-refractivity contribution in [3.05, 3.63) is 35.6 Å². The van der Waals surface area contributed by atoms with Crippen molar-refractivity contribution in [3.63, 3.8) is 0 Å². The van der Waals surface area contributed by atoms with Crippen LogP contribution in [0.1, 0.15) is 31.7 Å². The van der Waals surface area contributed by atoms with E-state index < -0.39 is 0 Å². The first-order chi connectivity index (χ1) is 11.6. The second-order valence-corrected chi connectivity index (χ2v) is 6.83. The van der Waals surface area contributed by atoms with Crippen LogP contribution in [-0.2, 0) is 20.7 Å². The lowest BCUT2D eigenvalue weighted by Crippen LogP contribution is -2.58. The quantitative estimate of drug-likeness (QED) is 0.830. The summed E-state index contributed by atoms with van der Waals surface area (Å²) in [5, 5.41) is 0. The third-order valence-electron chi connectivity index (χ3n) is 5.23. The van der Waals surface area contributed by atoms with Crippen molar-refractivity contribution in [2.75, 3.05) is 32.9 Å². The van der Waals surface area contributed by atoms with Crippen molar-refractivity contribution in [3.8, 4) is 0 Å². The van der Waals surface area contributed by atoms with Crippen molar-refractivity contribution in [1.82, 2.24) is 4.90 Å². The van der Waals surface area contributed by atoms with Gasteiger partial charge in [-0.3, -0.25) is 4.79 Å². The van der Waals surface area contributed by atoms with Crippen molar-refractivity contribution in [2.45, 2.75) is 38.7 Å². The summed E-state index contributed by atoms with van der Waals surface area (Å²) in [5.41, 5.74) is 0.348. The van der Waals surface area contributed by atoms with Gasteiger partial charge in [0, 0.05) is 31.7 Å². The summed E-state index contributed by atoms with van der Waals surface area (Å²) >= 11 is 0. The van der Waals surface area contributed by atoms with Gasteiger partial charge in [-0.2, -0.15) is 0 Å². The largest absolute Gasteiger partial charge is 0.381 e. The van der Waals surface area contributed by atoms with Gasteiger partial charge in [0.05, 0.1) is 19.1 Å². The first-order valence-electron chi connectivity index (χ1n) is 8.85. The minimum atomic E-state index is -0.314. The molecule has 0 N–H and O–H groups in total. The molecule has 0 aromatic heterocycles. The van der Waals surface area contributed by atoms with Crippen LogP contribution in [0.4, 0.5) is 4.39 Å². The molecule has 132 valence electrons. The van der Waals surface area contributed by atoms with Gasteiger partial charge in [0.15, 0.2) is 0 Å². The molecule has 0 bridgehead atoms. The van der Waals surface area contributed by atoms with Crippen LogP contribution in [0, 0.1) is 11.2 Å². The molecule has 2 unspecified atom stereocenters. The molecule has 2 aliphatic rings. The zero-order valence-electron chi connectivity index (χ0n) is 14.3. The van der Waals surface area contributed by atoms with E-state index >= 15 is 0 Å². The Hall–Kier alpha value is -1.46. The Balaban J connectivity index is 1.70. The van der Waals surface area contributed by atoms with Crippen LogP contribution >= 0.6 is 0 Å². The highest BCUT2D eigenvalue weighted by Gasteiger charge is 2.47. The Morgan fingerprint density at radius 1 is 1.46 bits per heavy atom. The number of ether oxygens (including phenoxy) is 2. The first kappa shape index (κ1) is 17.4. The number of amides is 1. The number of hydrogen-bond acceptors (Lipinski definition) is 3. The topological polar surface area (TPSA) is 38.8 Å². The minimum absolute atomic E-state index is 0.0139. The maximum absolute atomic E-state index is 13.8. The second-order valence-electron chi connectivity index (χ2n) is 6.83. The van der Waals surface area contributed by atoms with Gasteiger partial charge in [-0.15, -0.1) is 0 Å². The Morgan fingerprint density at radius 2 is 2.29 bits per heavy atom.